The molecule has 9 heteroatoms. The zero-order chi connectivity index (χ0) is 22.8. The van der Waals surface area contributed by atoms with Gasteiger partial charge in [-0.3, -0.25) is 0 Å². The van der Waals surface area contributed by atoms with Crippen LogP contribution in [0.1, 0.15) is 11.1 Å². The zero-order valence-electron chi connectivity index (χ0n) is 18.5. The van der Waals surface area contributed by atoms with Crippen LogP contribution in [0.4, 0.5) is 27.8 Å². The first-order valence-electron chi connectivity index (χ1n) is 10.7. The molecule has 0 saturated heterocycles. The first kappa shape index (κ1) is 20.6. The minimum atomic E-state index is -0.284. The van der Waals surface area contributed by atoms with E-state index in [1.54, 1.807) is 17.8 Å². The molecule has 4 aromatic rings. The van der Waals surface area contributed by atoms with Crippen LogP contribution in [-0.2, 0) is 13.0 Å². The third-order valence-electron chi connectivity index (χ3n) is 5.57. The average Bonchev–Trinajstić information content (AvgIpc) is 3.21. The second-order valence-electron chi connectivity index (χ2n) is 7.95. The van der Waals surface area contributed by atoms with Gasteiger partial charge in [-0.25, -0.2) is 9.78 Å². The van der Waals surface area contributed by atoms with Gasteiger partial charge >= 0.3 is 6.03 Å². The molecule has 0 fully saturated rings. The fraction of sp³-hybridized carbons (Fsp3) is 0.208. The number of amides is 2. The molecule has 168 valence electrons. The Labute approximate surface area is 191 Å². The molecular weight excluding hydrogens is 418 g/mol. The number of ether oxygens (including phenoxy) is 1. The van der Waals surface area contributed by atoms with E-state index in [-0.39, 0.29) is 6.03 Å². The lowest BCUT2D eigenvalue weighted by Gasteiger charge is -2.21. The highest BCUT2D eigenvalue weighted by Crippen LogP contribution is 2.27. The Kier molecular flexibility index (Phi) is 5.43. The van der Waals surface area contributed by atoms with Crippen molar-refractivity contribution in [2.75, 3.05) is 36.2 Å². The number of fused-ring (bicyclic) bond motifs is 3. The van der Waals surface area contributed by atoms with Crippen LogP contribution in [0, 0.1) is 0 Å². The highest BCUT2D eigenvalue weighted by atomic mass is 16.5. The summed E-state index contributed by atoms with van der Waals surface area (Å²) in [4.78, 5) is 19.3. The summed E-state index contributed by atoms with van der Waals surface area (Å²) in [7, 11) is 3.66. The number of aromatic nitrogens is 3. The first-order chi connectivity index (χ1) is 16.1. The van der Waals surface area contributed by atoms with Gasteiger partial charge < -0.3 is 25.6 Å². The van der Waals surface area contributed by atoms with Gasteiger partial charge in [0.25, 0.3) is 0 Å². The molecule has 0 spiro atoms. The molecule has 0 saturated carbocycles. The normalized spacial score (nSPS) is 13.2. The van der Waals surface area contributed by atoms with E-state index in [1.807, 2.05) is 55.6 Å². The fourth-order valence-electron chi connectivity index (χ4n) is 3.90. The van der Waals surface area contributed by atoms with E-state index in [0.29, 0.717) is 30.2 Å². The fourth-order valence-corrected chi connectivity index (χ4v) is 3.90. The van der Waals surface area contributed by atoms with Crippen LogP contribution in [0.2, 0.25) is 0 Å². The quantitative estimate of drug-likeness (QED) is 0.444. The van der Waals surface area contributed by atoms with Crippen molar-refractivity contribution < 1.29 is 9.53 Å². The van der Waals surface area contributed by atoms with E-state index in [1.165, 1.54) is 0 Å². The highest BCUT2D eigenvalue weighted by Gasteiger charge is 2.17. The Balaban J connectivity index is 1.56. The number of anilines is 4. The average molecular weight is 444 g/mol. The Morgan fingerprint density at radius 2 is 1.97 bits per heavy atom. The minimum Gasteiger partial charge on any atom is -0.497 e. The van der Waals surface area contributed by atoms with Crippen LogP contribution in [0.25, 0.3) is 5.65 Å². The smallest absolute Gasteiger partial charge is 0.319 e. The molecule has 0 radical (unpaired) electrons. The van der Waals surface area contributed by atoms with E-state index >= 15 is 0 Å². The van der Waals surface area contributed by atoms with E-state index in [0.717, 1.165) is 34.8 Å². The minimum absolute atomic E-state index is 0.284. The van der Waals surface area contributed by atoms with Crippen LogP contribution in [0.3, 0.4) is 0 Å². The van der Waals surface area contributed by atoms with Crippen molar-refractivity contribution in [1.29, 1.82) is 0 Å². The lowest BCUT2D eigenvalue weighted by molar-refractivity contribution is 0.252. The predicted octanol–water partition coefficient (Wildman–Crippen LogP) is 3.80. The van der Waals surface area contributed by atoms with Crippen molar-refractivity contribution in [3.8, 4) is 5.75 Å². The number of carbonyl (C=O) groups excluding carboxylic acids is 1. The second kappa shape index (κ2) is 8.70. The number of rotatable bonds is 4. The molecule has 1 aliphatic heterocycles. The standard InChI is InChI=1S/C24H25N7O2/c1-30(15-17-6-8-19(33-2)9-7-17)22-13-21-27-18-5-3-4-16(12-18)10-11-25-24(32)28-20-14-26-31(22)23(20)29-21/h3-9,12-14H,10-11,15H2,1-2H3,(H,27,29)(H2,25,28,32). The second-order valence-corrected chi connectivity index (χ2v) is 7.95. The molecule has 2 aromatic carbocycles. The summed E-state index contributed by atoms with van der Waals surface area (Å²) in [6, 6.07) is 17.8. The summed E-state index contributed by atoms with van der Waals surface area (Å²) in [6.45, 7) is 1.18. The monoisotopic (exact) mass is 443 g/mol. The molecule has 33 heavy (non-hydrogen) atoms. The number of benzene rings is 2. The molecule has 2 aromatic heterocycles. The Morgan fingerprint density at radius 3 is 2.79 bits per heavy atom. The van der Waals surface area contributed by atoms with Crippen molar-refractivity contribution in [3.05, 3.63) is 71.9 Å². The number of hydrogen-bond donors (Lipinski definition) is 3. The van der Waals surface area contributed by atoms with Gasteiger partial charge in [-0.15, -0.1) is 0 Å². The van der Waals surface area contributed by atoms with Gasteiger partial charge in [-0.05, 0) is 41.8 Å². The van der Waals surface area contributed by atoms with Crippen LogP contribution < -0.4 is 25.6 Å². The van der Waals surface area contributed by atoms with Gasteiger partial charge in [0.2, 0.25) is 0 Å². The van der Waals surface area contributed by atoms with E-state index in [4.69, 9.17) is 9.72 Å². The van der Waals surface area contributed by atoms with E-state index in [9.17, 15) is 4.79 Å². The third-order valence-corrected chi connectivity index (χ3v) is 5.57. The number of carbonyl (C=O) groups is 1. The van der Waals surface area contributed by atoms with Crippen molar-refractivity contribution in [2.24, 2.45) is 0 Å². The van der Waals surface area contributed by atoms with Gasteiger partial charge in [0, 0.05) is 31.9 Å². The van der Waals surface area contributed by atoms with Crippen LogP contribution in [-0.4, -0.2) is 41.3 Å². The summed E-state index contributed by atoms with van der Waals surface area (Å²) < 4.78 is 7.00. The largest absolute Gasteiger partial charge is 0.497 e. The summed E-state index contributed by atoms with van der Waals surface area (Å²) in [5.74, 6) is 2.32. The third kappa shape index (κ3) is 4.38. The SMILES string of the molecule is COc1ccc(CN(C)c2cc3nc4c(cnn24)NC(=O)NCCc2cccc(c2)N3)cc1. The lowest BCUT2D eigenvalue weighted by Crippen LogP contribution is -2.30. The molecule has 1 aliphatic rings. The molecule has 0 unspecified atom stereocenters. The molecule has 0 atom stereocenters. The Morgan fingerprint density at radius 1 is 1.12 bits per heavy atom. The first-order valence-corrected chi connectivity index (χ1v) is 10.7. The molecule has 3 N–H and O–H groups in total. The molecular formula is C24H25N7O2. The zero-order valence-corrected chi connectivity index (χ0v) is 18.5. The van der Waals surface area contributed by atoms with Gasteiger partial charge in [0.1, 0.15) is 23.1 Å². The Hall–Kier alpha value is -4.27. The lowest BCUT2D eigenvalue weighted by atomic mass is 10.1. The Bertz CT molecular complexity index is 1300. The molecule has 3 heterocycles. The molecule has 5 rings (SSSR count). The molecule has 0 aliphatic carbocycles. The van der Waals surface area contributed by atoms with Gasteiger partial charge in [-0.1, -0.05) is 24.3 Å². The van der Waals surface area contributed by atoms with Crippen LogP contribution in [0.15, 0.2) is 60.8 Å². The van der Waals surface area contributed by atoms with E-state index in [2.05, 4.69) is 32.0 Å². The van der Waals surface area contributed by atoms with Crippen LogP contribution >= 0.6 is 0 Å². The number of methoxy groups -OCH3 is 1. The maximum atomic E-state index is 12.4. The topological polar surface area (TPSA) is 95.8 Å². The van der Waals surface area contributed by atoms with Gasteiger partial charge in [-0.2, -0.15) is 9.61 Å². The highest BCUT2D eigenvalue weighted by molar-refractivity contribution is 5.93. The van der Waals surface area contributed by atoms with Gasteiger partial charge in [0.05, 0.1) is 13.3 Å². The number of nitrogens with one attached hydrogen (secondary N) is 3. The summed E-state index contributed by atoms with van der Waals surface area (Å²) in [6.07, 6.45) is 2.35. The van der Waals surface area contributed by atoms with Crippen molar-refractivity contribution in [1.82, 2.24) is 19.9 Å². The van der Waals surface area contributed by atoms with Crippen molar-refractivity contribution in [2.45, 2.75) is 13.0 Å². The van der Waals surface area contributed by atoms with Crippen molar-refractivity contribution in [3.63, 3.8) is 0 Å². The van der Waals surface area contributed by atoms with Crippen LogP contribution in [0.5, 0.6) is 5.75 Å². The summed E-state index contributed by atoms with van der Waals surface area (Å²) >= 11 is 0. The number of urea groups is 1. The summed E-state index contributed by atoms with van der Waals surface area (Å²) in [5.41, 5.74) is 4.29. The van der Waals surface area contributed by atoms with Gasteiger partial charge in [0.15, 0.2) is 5.65 Å². The molecule has 9 nitrogen and oxygen atoms in total. The number of hydrogen-bond acceptors (Lipinski definition) is 6. The maximum absolute atomic E-state index is 12.4. The summed E-state index contributed by atoms with van der Waals surface area (Å²) in [5, 5.41) is 13.7. The number of nitrogens with zero attached hydrogens (tertiary/aromatic N) is 4. The predicted molar refractivity (Wildman–Crippen MR) is 129 cm³/mol. The van der Waals surface area contributed by atoms with E-state index < -0.39 is 0 Å². The van der Waals surface area contributed by atoms with Crippen molar-refractivity contribution >= 4 is 34.7 Å². The maximum Gasteiger partial charge on any atom is 0.319 e. The molecule has 4 bridgehead atoms. The molecule has 2 amide bonds.